The standard InChI is InChI=1S/C22H34N2O5/c1-22(2,3)29-21(26)24-19(15-28-18-8-6-5-7-9-18)20(25)23-14-16-10-12-17(27-4)13-11-16/h10-13,18-19H,5-9,14-15H2,1-4H3,(H,23,25)(H,24,26)/t19-/m0/s1. The summed E-state index contributed by atoms with van der Waals surface area (Å²) in [5.74, 6) is 0.452. The Morgan fingerprint density at radius 3 is 2.34 bits per heavy atom. The number of hydrogen-bond acceptors (Lipinski definition) is 5. The summed E-state index contributed by atoms with van der Waals surface area (Å²) in [7, 11) is 1.61. The molecule has 7 nitrogen and oxygen atoms in total. The molecule has 1 saturated carbocycles. The van der Waals surface area contributed by atoms with Gasteiger partial charge in [0.15, 0.2) is 0 Å². The third-order valence-electron chi connectivity index (χ3n) is 4.68. The second kappa shape index (κ2) is 11.0. The first-order chi connectivity index (χ1) is 13.8. The van der Waals surface area contributed by atoms with Crippen molar-refractivity contribution in [2.75, 3.05) is 13.7 Å². The minimum atomic E-state index is -0.815. The van der Waals surface area contributed by atoms with E-state index in [-0.39, 0.29) is 18.6 Å². The molecule has 0 aliphatic heterocycles. The van der Waals surface area contributed by atoms with Crippen molar-refractivity contribution in [2.24, 2.45) is 0 Å². The van der Waals surface area contributed by atoms with Gasteiger partial charge in [-0.15, -0.1) is 0 Å². The molecule has 162 valence electrons. The Hall–Kier alpha value is -2.28. The highest BCUT2D eigenvalue weighted by atomic mass is 16.6. The van der Waals surface area contributed by atoms with Gasteiger partial charge in [-0.25, -0.2) is 4.79 Å². The predicted molar refractivity (Wildman–Crippen MR) is 111 cm³/mol. The fourth-order valence-corrected chi connectivity index (χ4v) is 3.15. The first-order valence-electron chi connectivity index (χ1n) is 10.3. The summed E-state index contributed by atoms with van der Waals surface area (Å²) in [5, 5.41) is 5.51. The zero-order valence-electron chi connectivity index (χ0n) is 18.0. The van der Waals surface area contributed by atoms with E-state index in [0.29, 0.717) is 6.54 Å². The second-order valence-electron chi connectivity index (χ2n) is 8.36. The van der Waals surface area contributed by atoms with Crippen molar-refractivity contribution in [1.29, 1.82) is 0 Å². The molecular formula is C22H34N2O5. The summed E-state index contributed by atoms with van der Waals surface area (Å²) in [6.07, 6.45) is 4.99. The van der Waals surface area contributed by atoms with E-state index in [0.717, 1.165) is 37.0 Å². The quantitative estimate of drug-likeness (QED) is 0.689. The molecule has 1 atom stereocenters. The lowest BCUT2D eigenvalue weighted by Gasteiger charge is -2.26. The number of nitrogens with one attached hydrogen (secondary N) is 2. The minimum Gasteiger partial charge on any atom is -0.497 e. The van der Waals surface area contributed by atoms with Gasteiger partial charge in [-0.2, -0.15) is 0 Å². The van der Waals surface area contributed by atoms with Gasteiger partial charge in [-0.3, -0.25) is 4.79 Å². The molecule has 0 aromatic heterocycles. The predicted octanol–water partition coefficient (Wildman–Crippen LogP) is 3.55. The number of hydrogen-bond donors (Lipinski definition) is 2. The van der Waals surface area contributed by atoms with Crippen molar-refractivity contribution in [3.63, 3.8) is 0 Å². The molecule has 0 saturated heterocycles. The van der Waals surface area contributed by atoms with Crippen molar-refractivity contribution in [2.45, 2.75) is 77.2 Å². The summed E-state index contributed by atoms with van der Waals surface area (Å²) in [4.78, 5) is 24.9. The molecular weight excluding hydrogens is 372 g/mol. The number of benzene rings is 1. The lowest BCUT2D eigenvalue weighted by atomic mass is 9.98. The normalized spacial score (nSPS) is 16.0. The van der Waals surface area contributed by atoms with E-state index in [2.05, 4.69) is 10.6 Å². The molecule has 2 rings (SSSR count). The Labute approximate surface area is 173 Å². The average Bonchev–Trinajstić information content (AvgIpc) is 2.69. The van der Waals surface area contributed by atoms with E-state index >= 15 is 0 Å². The molecule has 0 radical (unpaired) electrons. The van der Waals surface area contributed by atoms with Gasteiger partial charge in [-0.05, 0) is 51.3 Å². The molecule has 0 unspecified atom stereocenters. The van der Waals surface area contributed by atoms with E-state index in [1.54, 1.807) is 27.9 Å². The highest BCUT2D eigenvalue weighted by molar-refractivity contribution is 5.85. The molecule has 1 aliphatic rings. The number of amides is 2. The highest BCUT2D eigenvalue weighted by Gasteiger charge is 2.26. The van der Waals surface area contributed by atoms with E-state index in [1.807, 2.05) is 24.3 Å². The Balaban J connectivity index is 1.93. The zero-order valence-corrected chi connectivity index (χ0v) is 18.0. The molecule has 1 fully saturated rings. The number of carbonyl (C=O) groups is 2. The summed E-state index contributed by atoms with van der Waals surface area (Å²) in [5.41, 5.74) is 0.293. The highest BCUT2D eigenvalue weighted by Crippen LogP contribution is 2.20. The molecule has 7 heteroatoms. The Bertz CT molecular complexity index is 648. The van der Waals surface area contributed by atoms with Crippen molar-refractivity contribution < 1.29 is 23.8 Å². The number of ether oxygens (including phenoxy) is 3. The molecule has 0 bridgehead atoms. The number of rotatable bonds is 8. The van der Waals surface area contributed by atoms with Crippen molar-refractivity contribution in [3.8, 4) is 5.75 Å². The second-order valence-corrected chi connectivity index (χ2v) is 8.36. The van der Waals surface area contributed by atoms with Crippen LogP contribution >= 0.6 is 0 Å². The van der Waals surface area contributed by atoms with Gasteiger partial charge in [0, 0.05) is 6.54 Å². The lowest BCUT2D eigenvalue weighted by molar-refractivity contribution is -0.125. The van der Waals surface area contributed by atoms with Crippen molar-refractivity contribution in [3.05, 3.63) is 29.8 Å². The molecule has 2 N–H and O–H groups in total. The monoisotopic (exact) mass is 406 g/mol. The van der Waals surface area contributed by atoms with Crippen LogP contribution in [0.1, 0.15) is 58.4 Å². The largest absolute Gasteiger partial charge is 0.497 e. The van der Waals surface area contributed by atoms with Crippen LogP contribution in [0.5, 0.6) is 5.75 Å². The third kappa shape index (κ3) is 8.73. The van der Waals surface area contributed by atoms with Gasteiger partial charge < -0.3 is 24.8 Å². The van der Waals surface area contributed by atoms with Crippen molar-refractivity contribution in [1.82, 2.24) is 10.6 Å². The van der Waals surface area contributed by atoms with Crippen molar-refractivity contribution >= 4 is 12.0 Å². The molecule has 1 aliphatic carbocycles. The first-order valence-corrected chi connectivity index (χ1v) is 10.3. The molecule has 29 heavy (non-hydrogen) atoms. The number of methoxy groups -OCH3 is 1. The Morgan fingerprint density at radius 1 is 1.10 bits per heavy atom. The third-order valence-corrected chi connectivity index (χ3v) is 4.68. The van der Waals surface area contributed by atoms with E-state index in [1.165, 1.54) is 6.42 Å². The molecule has 1 aromatic rings. The van der Waals surface area contributed by atoms with E-state index in [4.69, 9.17) is 14.2 Å². The summed E-state index contributed by atoms with van der Waals surface area (Å²) in [6, 6.07) is 6.63. The number of carbonyl (C=O) groups excluding carboxylic acids is 2. The van der Waals surface area contributed by atoms with E-state index in [9.17, 15) is 9.59 Å². The van der Waals surface area contributed by atoms with Crippen LogP contribution in [0.4, 0.5) is 4.79 Å². The molecule has 0 heterocycles. The minimum absolute atomic E-state index is 0.123. The SMILES string of the molecule is COc1ccc(CNC(=O)[C@H](COC2CCCCC2)NC(=O)OC(C)(C)C)cc1. The van der Waals surface area contributed by atoms with E-state index < -0.39 is 17.7 Å². The molecule has 2 amide bonds. The van der Waals surface area contributed by atoms with Crippen LogP contribution in [-0.2, 0) is 20.8 Å². The maximum Gasteiger partial charge on any atom is 0.408 e. The molecule has 1 aromatic carbocycles. The average molecular weight is 407 g/mol. The maximum atomic E-state index is 12.7. The van der Waals surface area contributed by atoms with Crippen LogP contribution in [0.15, 0.2) is 24.3 Å². The van der Waals surface area contributed by atoms with Gasteiger partial charge in [0.05, 0.1) is 19.8 Å². The fraction of sp³-hybridized carbons (Fsp3) is 0.636. The van der Waals surface area contributed by atoms with Crippen LogP contribution in [0, 0.1) is 0 Å². The summed E-state index contributed by atoms with van der Waals surface area (Å²) in [6.45, 7) is 5.81. The summed E-state index contributed by atoms with van der Waals surface area (Å²) < 4.78 is 16.4. The Morgan fingerprint density at radius 2 is 1.76 bits per heavy atom. The first kappa shape index (κ1) is 23.0. The van der Waals surface area contributed by atoms with Crippen LogP contribution < -0.4 is 15.4 Å². The van der Waals surface area contributed by atoms with Crippen LogP contribution in [0.25, 0.3) is 0 Å². The van der Waals surface area contributed by atoms with Crippen LogP contribution in [0.2, 0.25) is 0 Å². The van der Waals surface area contributed by atoms with Gasteiger partial charge in [-0.1, -0.05) is 31.4 Å². The summed E-state index contributed by atoms with van der Waals surface area (Å²) >= 11 is 0. The van der Waals surface area contributed by atoms with Gasteiger partial charge in [0.2, 0.25) is 5.91 Å². The molecule has 0 spiro atoms. The maximum absolute atomic E-state index is 12.7. The zero-order chi connectivity index (χ0) is 21.3. The van der Waals surface area contributed by atoms with Gasteiger partial charge in [0.25, 0.3) is 0 Å². The van der Waals surface area contributed by atoms with Gasteiger partial charge >= 0.3 is 6.09 Å². The topological polar surface area (TPSA) is 85.9 Å². The Kier molecular flexibility index (Phi) is 8.76. The van der Waals surface area contributed by atoms with Crippen LogP contribution in [-0.4, -0.2) is 43.5 Å². The number of alkyl carbamates (subject to hydrolysis) is 1. The fourth-order valence-electron chi connectivity index (χ4n) is 3.15. The van der Waals surface area contributed by atoms with Crippen LogP contribution in [0.3, 0.4) is 0 Å². The smallest absolute Gasteiger partial charge is 0.408 e. The lowest BCUT2D eigenvalue weighted by Crippen LogP contribution is -2.51. The van der Waals surface area contributed by atoms with Gasteiger partial charge in [0.1, 0.15) is 17.4 Å².